The van der Waals surface area contributed by atoms with Crippen molar-refractivity contribution in [3.63, 3.8) is 0 Å². The van der Waals surface area contributed by atoms with Crippen molar-refractivity contribution in [2.24, 2.45) is 5.92 Å². The number of carboxylic acids is 1. The van der Waals surface area contributed by atoms with Crippen LogP contribution in [-0.2, 0) is 4.79 Å². The Bertz CT molecular complexity index is 378. The summed E-state index contributed by atoms with van der Waals surface area (Å²) in [6.45, 7) is 4.89. The molecule has 2 amide bonds. The van der Waals surface area contributed by atoms with Crippen molar-refractivity contribution >= 4 is 12.0 Å². The standard InChI is InChI=1S/C13H21N3O3/c1-3-15(9-10(2)8-14)13(19)16-7-5-4-6-11(16)12(17)18/h10-11H,3-7,9H2,1-2H3,(H,17,18). The number of likely N-dealkylation sites (tertiary alicyclic amines) is 1. The van der Waals surface area contributed by atoms with Gasteiger partial charge in [0.25, 0.3) is 0 Å². The van der Waals surface area contributed by atoms with Gasteiger partial charge in [0.2, 0.25) is 0 Å². The molecule has 1 heterocycles. The molecular formula is C13H21N3O3. The van der Waals surface area contributed by atoms with E-state index < -0.39 is 12.0 Å². The summed E-state index contributed by atoms with van der Waals surface area (Å²) in [5.74, 6) is -1.20. The summed E-state index contributed by atoms with van der Waals surface area (Å²) in [5.41, 5.74) is 0. The number of carbonyl (C=O) groups excluding carboxylic acids is 1. The Kier molecular flexibility index (Phi) is 5.61. The van der Waals surface area contributed by atoms with E-state index in [0.717, 1.165) is 12.8 Å². The van der Waals surface area contributed by atoms with Crippen LogP contribution in [0.25, 0.3) is 0 Å². The normalized spacial score (nSPS) is 20.5. The van der Waals surface area contributed by atoms with Gasteiger partial charge in [0.15, 0.2) is 0 Å². The van der Waals surface area contributed by atoms with Gasteiger partial charge in [0, 0.05) is 19.6 Å². The molecular weight excluding hydrogens is 246 g/mol. The second-order valence-corrected chi connectivity index (χ2v) is 4.89. The number of aliphatic carboxylic acids is 1. The van der Waals surface area contributed by atoms with Gasteiger partial charge >= 0.3 is 12.0 Å². The smallest absolute Gasteiger partial charge is 0.326 e. The highest BCUT2D eigenvalue weighted by molar-refractivity contribution is 5.83. The number of piperidine rings is 1. The second kappa shape index (κ2) is 6.98. The third kappa shape index (κ3) is 3.85. The van der Waals surface area contributed by atoms with Gasteiger partial charge in [-0.25, -0.2) is 9.59 Å². The Balaban J connectivity index is 2.77. The van der Waals surface area contributed by atoms with Gasteiger partial charge < -0.3 is 14.9 Å². The summed E-state index contributed by atoms with van der Waals surface area (Å²) in [6, 6.07) is 1.10. The lowest BCUT2D eigenvalue weighted by Gasteiger charge is -2.37. The maximum absolute atomic E-state index is 12.4. The predicted octanol–water partition coefficient (Wildman–Crippen LogP) is 1.53. The van der Waals surface area contributed by atoms with E-state index in [1.54, 1.807) is 11.8 Å². The fraction of sp³-hybridized carbons (Fsp3) is 0.769. The summed E-state index contributed by atoms with van der Waals surface area (Å²) < 4.78 is 0. The summed E-state index contributed by atoms with van der Waals surface area (Å²) in [5, 5.41) is 18.0. The Morgan fingerprint density at radius 2 is 2.21 bits per heavy atom. The third-order valence-corrected chi connectivity index (χ3v) is 3.40. The lowest BCUT2D eigenvalue weighted by molar-refractivity contribution is -0.143. The van der Waals surface area contributed by atoms with Crippen LogP contribution >= 0.6 is 0 Å². The van der Waals surface area contributed by atoms with E-state index in [0.29, 0.717) is 26.1 Å². The van der Waals surface area contributed by atoms with Crippen molar-refractivity contribution in [2.45, 2.75) is 39.2 Å². The van der Waals surface area contributed by atoms with E-state index in [-0.39, 0.29) is 11.9 Å². The second-order valence-electron chi connectivity index (χ2n) is 4.89. The molecule has 0 aliphatic carbocycles. The number of urea groups is 1. The van der Waals surface area contributed by atoms with Gasteiger partial charge in [-0.15, -0.1) is 0 Å². The Hall–Kier alpha value is -1.77. The number of carboxylic acid groups (broad SMARTS) is 1. The number of hydrogen-bond acceptors (Lipinski definition) is 3. The molecule has 2 unspecified atom stereocenters. The number of rotatable bonds is 4. The van der Waals surface area contributed by atoms with Crippen molar-refractivity contribution in [3.05, 3.63) is 0 Å². The molecule has 0 bridgehead atoms. The molecule has 0 radical (unpaired) electrons. The van der Waals surface area contributed by atoms with Crippen LogP contribution in [0, 0.1) is 17.2 Å². The maximum Gasteiger partial charge on any atom is 0.326 e. The highest BCUT2D eigenvalue weighted by Crippen LogP contribution is 2.19. The molecule has 1 saturated heterocycles. The first-order valence-electron chi connectivity index (χ1n) is 6.69. The maximum atomic E-state index is 12.4. The fourth-order valence-electron chi connectivity index (χ4n) is 2.31. The van der Waals surface area contributed by atoms with E-state index >= 15 is 0 Å². The van der Waals surface area contributed by atoms with Gasteiger partial charge in [-0.2, -0.15) is 5.26 Å². The molecule has 1 N–H and O–H groups in total. The molecule has 0 aromatic carbocycles. The van der Waals surface area contributed by atoms with E-state index in [2.05, 4.69) is 6.07 Å². The first-order valence-corrected chi connectivity index (χ1v) is 6.69. The highest BCUT2D eigenvalue weighted by Gasteiger charge is 2.34. The van der Waals surface area contributed by atoms with Crippen LogP contribution in [0.1, 0.15) is 33.1 Å². The number of hydrogen-bond donors (Lipinski definition) is 1. The monoisotopic (exact) mass is 267 g/mol. The lowest BCUT2D eigenvalue weighted by Crippen LogP contribution is -2.53. The van der Waals surface area contributed by atoms with Gasteiger partial charge in [-0.05, 0) is 33.1 Å². The first-order chi connectivity index (χ1) is 9.01. The Morgan fingerprint density at radius 3 is 2.74 bits per heavy atom. The average molecular weight is 267 g/mol. The van der Waals surface area contributed by atoms with Gasteiger partial charge in [-0.3, -0.25) is 0 Å². The van der Waals surface area contributed by atoms with E-state index in [4.69, 9.17) is 5.26 Å². The van der Waals surface area contributed by atoms with Crippen molar-refractivity contribution in [3.8, 4) is 6.07 Å². The number of carbonyl (C=O) groups is 2. The average Bonchev–Trinajstić information content (AvgIpc) is 2.43. The summed E-state index contributed by atoms with van der Waals surface area (Å²) >= 11 is 0. The van der Waals surface area contributed by atoms with Gasteiger partial charge in [-0.1, -0.05) is 0 Å². The molecule has 1 rings (SSSR count). The molecule has 19 heavy (non-hydrogen) atoms. The minimum atomic E-state index is -0.947. The summed E-state index contributed by atoms with van der Waals surface area (Å²) in [6.07, 6.45) is 2.18. The Labute approximate surface area is 113 Å². The first kappa shape index (κ1) is 15.3. The van der Waals surface area contributed by atoms with Crippen LogP contribution in [0.5, 0.6) is 0 Å². The van der Waals surface area contributed by atoms with Crippen LogP contribution in [0.15, 0.2) is 0 Å². The zero-order valence-electron chi connectivity index (χ0n) is 11.5. The SMILES string of the molecule is CCN(CC(C)C#N)C(=O)N1CCCCC1C(=O)O. The molecule has 1 aliphatic rings. The molecule has 0 saturated carbocycles. The van der Waals surface area contributed by atoms with Gasteiger partial charge in [0.05, 0.1) is 12.0 Å². The topological polar surface area (TPSA) is 84.6 Å². The third-order valence-electron chi connectivity index (χ3n) is 3.40. The molecule has 0 aromatic rings. The molecule has 106 valence electrons. The molecule has 1 fully saturated rings. The van der Waals surface area contributed by atoms with Crippen molar-refractivity contribution < 1.29 is 14.7 Å². The minimum absolute atomic E-state index is 0.253. The molecule has 6 heteroatoms. The van der Waals surface area contributed by atoms with E-state index in [1.807, 2.05) is 6.92 Å². The molecule has 6 nitrogen and oxygen atoms in total. The molecule has 1 aliphatic heterocycles. The van der Waals surface area contributed by atoms with Crippen molar-refractivity contribution in [1.82, 2.24) is 9.80 Å². The largest absolute Gasteiger partial charge is 0.480 e. The molecule has 0 aromatic heterocycles. The van der Waals surface area contributed by atoms with Crippen LogP contribution in [0.4, 0.5) is 4.79 Å². The number of amides is 2. The highest BCUT2D eigenvalue weighted by atomic mass is 16.4. The van der Waals surface area contributed by atoms with Crippen LogP contribution in [0.2, 0.25) is 0 Å². The van der Waals surface area contributed by atoms with Crippen molar-refractivity contribution in [1.29, 1.82) is 5.26 Å². The number of nitriles is 1. The fourth-order valence-corrected chi connectivity index (χ4v) is 2.31. The minimum Gasteiger partial charge on any atom is -0.480 e. The lowest BCUT2D eigenvalue weighted by atomic mass is 10.0. The van der Waals surface area contributed by atoms with Gasteiger partial charge in [0.1, 0.15) is 6.04 Å². The Morgan fingerprint density at radius 1 is 1.53 bits per heavy atom. The molecule has 0 spiro atoms. The zero-order chi connectivity index (χ0) is 14.4. The van der Waals surface area contributed by atoms with Crippen LogP contribution < -0.4 is 0 Å². The van der Waals surface area contributed by atoms with Crippen LogP contribution in [-0.4, -0.2) is 52.6 Å². The van der Waals surface area contributed by atoms with Crippen LogP contribution in [0.3, 0.4) is 0 Å². The van der Waals surface area contributed by atoms with Crippen molar-refractivity contribution in [2.75, 3.05) is 19.6 Å². The molecule has 2 atom stereocenters. The van der Waals surface area contributed by atoms with E-state index in [9.17, 15) is 14.7 Å². The quantitative estimate of drug-likeness (QED) is 0.837. The zero-order valence-corrected chi connectivity index (χ0v) is 11.5. The predicted molar refractivity (Wildman–Crippen MR) is 69.4 cm³/mol. The number of nitrogens with zero attached hydrogens (tertiary/aromatic N) is 3. The van der Waals surface area contributed by atoms with E-state index in [1.165, 1.54) is 4.90 Å². The summed E-state index contributed by atoms with van der Waals surface area (Å²) in [4.78, 5) is 26.5. The summed E-state index contributed by atoms with van der Waals surface area (Å²) in [7, 11) is 0.